The standard InChI is InChI=1S/C21H22N6O6S3/c1-9-25-26-21(36-9)35-8-10-7-34-19-15(18(30)27(19)16(10)20(31)32)24-17(29)14(23)11-4-2-3-5-12(11)33-6-13(22)28/h2-5,14-15,19H,6-8,23H2,1H3,(H2,22,28)(H,24,29)(H,31,32)/t14?,15?,19-/m0/s1. The van der Waals surface area contributed by atoms with Crippen LogP contribution in [0.4, 0.5) is 0 Å². The molecule has 0 spiro atoms. The molecule has 1 aromatic heterocycles. The Balaban J connectivity index is 1.44. The SMILES string of the molecule is Cc1nnc(SCC2=C(C(=O)O)N3C(=O)C(NC(=O)C(N)c4ccccc4OCC(N)=O)[C@@H]3SC2)s1. The minimum Gasteiger partial charge on any atom is -0.483 e. The van der Waals surface area contributed by atoms with Gasteiger partial charge in [-0.1, -0.05) is 41.3 Å². The Hall–Kier alpha value is -3.14. The molecule has 3 atom stereocenters. The summed E-state index contributed by atoms with van der Waals surface area (Å²) in [6, 6.07) is 4.30. The van der Waals surface area contributed by atoms with Crippen LogP contribution in [0.25, 0.3) is 0 Å². The second-order valence-electron chi connectivity index (χ2n) is 7.80. The Labute approximate surface area is 217 Å². The summed E-state index contributed by atoms with van der Waals surface area (Å²) in [7, 11) is 0. The molecule has 6 N–H and O–H groups in total. The van der Waals surface area contributed by atoms with Crippen molar-refractivity contribution in [3.8, 4) is 5.75 Å². The quantitative estimate of drug-likeness (QED) is 0.234. The number of carboxylic acids is 1. The van der Waals surface area contributed by atoms with E-state index in [0.717, 1.165) is 5.01 Å². The third-order valence-electron chi connectivity index (χ3n) is 5.33. The Morgan fingerprint density at radius 3 is 2.75 bits per heavy atom. The number of nitrogens with one attached hydrogen (secondary N) is 1. The molecule has 190 valence electrons. The lowest BCUT2D eigenvalue weighted by molar-refractivity contribution is -0.150. The van der Waals surface area contributed by atoms with Crippen molar-refractivity contribution in [3.05, 3.63) is 46.1 Å². The van der Waals surface area contributed by atoms with Crippen molar-refractivity contribution in [1.82, 2.24) is 20.4 Å². The van der Waals surface area contributed by atoms with Crippen LogP contribution in [0.1, 0.15) is 16.6 Å². The monoisotopic (exact) mass is 550 g/mol. The van der Waals surface area contributed by atoms with Gasteiger partial charge >= 0.3 is 5.97 Å². The van der Waals surface area contributed by atoms with Crippen LogP contribution >= 0.6 is 34.9 Å². The number of primary amides is 1. The largest absolute Gasteiger partial charge is 0.483 e. The molecule has 1 saturated heterocycles. The third kappa shape index (κ3) is 5.33. The van der Waals surface area contributed by atoms with Crippen LogP contribution in [-0.2, 0) is 19.2 Å². The minimum atomic E-state index is -1.21. The molecule has 15 heteroatoms. The molecule has 12 nitrogen and oxygen atoms in total. The molecule has 2 aliphatic heterocycles. The first-order chi connectivity index (χ1) is 17.2. The van der Waals surface area contributed by atoms with Crippen molar-refractivity contribution in [2.24, 2.45) is 11.5 Å². The molecule has 36 heavy (non-hydrogen) atoms. The fourth-order valence-corrected chi connectivity index (χ4v) is 6.98. The van der Waals surface area contributed by atoms with Crippen LogP contribution < -0.4 is 21.5 Å². The van der Waals surface area contributed by atoms with E-state index in [1.165, 1.54) is 39.8 Å². The summed E-state index contributed by atoms with van der Waals surface area (Å²) in [4.78, 5) is 50.1. The number of para-hydroxylation sites is 1. The van der Waals surface area contributed by atoms with E-state index in [2.05, 4.69) is 15.5 Å². The molecule has 3 heterocycles. The number of rotatable bonds is 10. The van der Waals surface area contributed by atoms with Gasteiger partial charge in [0, 0.05) is 17.1 Å². The van der Waals surface area contributed by atoms with Gasteiger partial charge in [0.2, 0.25) is 5.91 Å². The van der Waals surface area contributed by atoms with Crippen LogP contribution in [0.5, 0.6) is 5.75 Å². The highest BCUT2D eigenvalue weighted by molar-refractivity contribution is 8.01. The summed E-state index contributed by atoms with van der Waals surface area (Å²) >= 11 is 4.14. The van der Waals surface area contributed by atoms with Crippen molar-refractivity contribution in [1.29, 1.82) is 0 Å². The molecule has 0 aliphatic carbocycles. The molecule has 2 aliphatic rings. The molecule has 1 aromatic carbocycles. The molecule has 0 radical (unpaired) electrons. The first-order valence-corrected chi connectivity index (χ1v) is 13.4. The average Bonchev–Trinajstić information content (AvgIpc) is 3.28. The Morgan fingerprint density at radius 2 is 2.08 bits per heavy atom. The number of hydrogen-bond donors (Lipinski definition) is 4. The van der Waals surface area contributed by atoms with Gasteiger partial charge < -0.3 is 26.6 Å². The van der Waals surface area contributed by atoms with Gasteiger partial charge in [0.25, 0.3) is 11.8 Å². The number of aryl methyl sites for hydroxylation is 1. The lowest BCUT2D eigenvalue weighted by Crippen LogP contribution is -2.71. The number of carbonyl (C=O) groups excluding carboxylic acids is 3. The summed E-state index contributed by atoms with van der Waals surface area (Å²) in [6.07, 6.45) is 0. The Bertz CT molecular complexity index is 1250. The van der Waals surface area contributed by atoms with Gasteiger partial charge in [-0.3, -0.25) is 19.3 Å². The molecule has 3 amide bonds. The van der Waals surface area contributed by atoms with E-state index in [0.29, 0.717) is 27.0 Å². The molecule has 1 fully saturated rings. The fraction of sp³-hybridized carbons (Fsp3) is 0.333. The van der Waals surface area contributed by atoms with Crippen LogP contribution in [0, 0.1) is 6.92 Å². The van der Waals surface area contributed by atoms with E-state index in [9.17, 15) is 24.3 Å². The normalized spacial score (nSPS) is 19.8. The van der Waals surface area contributed by atoms with Crippen molar-refractivity contribution in [2.75, 3.05) is 18.1 Å². The lowest BCUT2D eigenvalue weighted by atomic mass is 10.0. The van der Waals surface area contributed by atoms with Gasteiger partial charge in [-0.25, -0.2) is 4.79 Å². The predicted octanol–water partition coefficient (Wildman–Crippen LogP) is 0.241. The third-order valence-corrected chi connectivity index (χ3v) is 8.73. The van der Waals surface area contributed by atoms with Gasteiger partial charge in [0.15, 0.2) is 10.9 Å². The summed E-state index contributed by atoms with van der Waals surface area (Å²) in [6.45, 7) is 1.44. The number of fused-ring (bicyclic) bond motifs is 1. The minimum absolute atomic E-state index is 0.0718. The number of nitrogens with zero attached hydrogens (tertiary/aromatic N) is 3. The number of ether oxygens (including phenoxy) is 1. The van der Waals surface area contributed by atoms with E-state index in [-0.39, 0.29) is 18.1 Å². The van der Waals surface area contributed by atoms with Crippen molar-refractivity contribution >= 4 is 58.6 Å². The Kier molecular flexibility index (Phi) is 7.82. The Morgan fingerprint density at radius 1 is 1.33 bits per heavy atom. The van der Waals surface area contributed by atoms with E-state index in [1.807, 2.05) is 6.92 Å². The van der Waals surface area contributed by atoms with Gasteiger partial charge in [0.1, 0.15) is 33.9 Å². The highest BCUT2D eigenvalue weighted by Crippen LogP contribution is 2.42. The molecular formula is C21H22N6O6S3. The highest BCUT2D eigenvalue weighted by Gasteiger charge is 2.54. The highest BCUT2D eigenvalue weighted by atomic mass is 32.2. The predicted molar refractivity (Wildman–Crippen MR) is 133 cm³/mol. The summed E-state index contributed by atoms with van der Waals surface area (Å²) in [5.41, 5.74) is 12.1. The number of aliphatic carboxylic acids is 1. The zero-order valence-corrected chi connectivity index (χ0v) is 21.3. The maximum Gasteiger partial charge on any atom is 0.352 e. The molecule has 0 bridgehead atoms. The van der Waals surface area contributed by atoms with E-state index >= 15 is 0 Å². The zero-order valence-electron chi connectivity index (χ0n) is 18.9. The van der Waals surface area contributed by atoms with Crippen LogP contribution in [-0.4, -0.2) is 73.4 Å². The number of thioether (sulfide) groups is 2. The first kappa shape index (κ1) is 25.9. The smallest absolute Gasteiger partial charge is 0.352 e. The second kappa shape index (κ2) is 10.9. The summed E-state index contributed by atoms with van der Waals surface area (Å²) < 4.78 is 6.05. The van der Waals surface area contributed by atoms with Crippen LogP contribution in [0.2, 0.25) is 0 Å². The second-order valence-corrected chi connectivity index (χ2v) is 11.3. The topological polar surface area (TPSA) is 191 Å². The van der Waals surface area contributed by atoms with Crippen molar-refractivity contribution in [3.63, 3.8) is 0 Å². The van der Waals surface area contributed by atoms with Gasteiger partial charge in [-0.15, -0.1) is 22.0 Å². The zero-order chi connectivity index (χ0) is 26.0. The van der Waals surface area contributed by atoms with E-state index in [4.69, 9.17) is 16.2 Å². The molecule has 2 aromatic rings. The number of aromatic nitrogens is 2. The number of benzene rings is 1. The van der Waals surface area contributed by atoms with Crippen LogP contribution in [0.3, 0.4) is 0 Å². The number of amides is 3. The van der Waals surface area contributed by atoms with Gasteiger partial charge in [0.05, 0.1) is 0 Å². The van der Waals surface area contributed by atoms with Crippen molar-refractivity contribution in [2.45, 2.75) is 28.7 Å². The molecular weight excluding hydrogens is 528 g/mol. The molecule has 4 rings (SSSR count). The van der Waals surface area contributed by atoms with Gasteiger partial charge in [-0.2, -0.15) is 0 Å². The van der Waals surface area contributed by atoms with Crippen molar-refractivity contribution < 1.29 is 29.0 Å². The van der Waals surface area contributed by atoms with Crippen LogP contribution in [0.15, 0.2) is 39.9 Å². The number of hydrogen-bond acceptors (Lipinski definition) is 11. The van der Waals surface area contributed by atoms with E-state index in [1.54, 1.807) is 24.3 Å². The summed E-state index contributed by atoms with van der Waals surface area (Å²) in [5.74, 6) is -2.12. The number of β-lactam (4-membered cyclic amide) rings is 1. The van der Waals surface area contributed by atoms with E-state index < -0.39 is 41.1 Å². The summed E-state index contributed by atoms with van der Waals surface area (Å²) in [5, 5.41) is 20.7. The number of carboxylic acid groups (broad SMARTS) is 1. The molecule has 0 saturated carbocycles. The maximum absolute atomic E-state index is 12.9. The fourth-order valence-electron chi connectivity index (χ4n) is 3.68. The van der Waals surface area contributed by atoms with Gasteiger partial charge in [-0.05, 0) is 18.6 Å². The lowest BCUT2D eigenvalue weighted by Gasteiger charge is -2.49. The number of carbonyl (C=O) groups is 4. The first-order valence-electron chi connectivity index (χ1n) is 10.6. The number of nitrogens with two attached hydrogens (primary N) is 2. The maximum atomic E-state index is 12.9. The molecule has 2 unspecified atom stereocenters. The average molecular weight is 551 g/mol.